The van der Waals surface area contributed by atoms with Crippen molar-refractivity contribution in [2.45, 2.75) is 0 Å². The van der Waals surface area contributed by atoms with Gasteiger partial charge in [0.25, 0.3) is 5.69 Å². The Balaban J connectivity index is 0.000000170. The molecular formula is C14H10N2O6. The second-order valence-electron chi connectivity index (χ2n) is 4.15. The number of fused-ring (bicyclic) bond motifs is 1. The third-order valence-corrected chi connectivity index (χ3v) is 2.73. The molecule has 112 valence electrons. The van der Waals surface area contributed by atoms with E-state index in [9.17, 15) is 20.2 Å². The molecule has 0 spiro atoms. The maximum Gasteiger partial charge on any atom is 0.317 e. The van der Waals surface area contributed by atoms with Crippen LogP contribution in [0.1, 0.15) is 0 Å². The van der Waals surface area contributed by atoms with E-state index in [0.29, 0.717) is 6.07 Å². The summed E-state index contributed by atoms with van der Waals surface area (Å²) < 4.78 is 5.12. The second-order valence-corrected chi connectivity index (χ2v) is 4.15. The number of nitro benzene ring substituents is 2. The van der Waals surface area contributed by atoms with Gasteiger partial charge in [0.2, 0.25) is 0 Å². The summed E-state index contributed by atoms with van der Waals surface area (Å²) >= 11 is 0. The third kappa shape index (κ3) is 3.37. The van der Waals surface area contributed by atoms with Gasteiger partial charge in [-0.25, -0.2) is 0 Å². The van der Waals surface area contributed by atoms with Crippen molar-refractivity contribution < 1.29 is 19.4 Å². The molecule has 0 atom stereocenters. The normalized spacial score (nSPS) is 9.82. The molecule has 0 unspecified atom stereocenters. The topological polar surface area (TPSA) is 120 Å². The zero-order valence-electron chi connectivity index (χ0n) is 11.1. The maximum atomic E-state index is 10.2. The highest BCUT2D eigenvalue weighted by molar-refractivity contribution is 5.76. The Morgan fingerprint density at radius 3 is 2.32 bits per heavy atom. The van der Waals surface area contributed by atoms with Crippen LogP contribution in [0.15, 0.2) is 59.2 Å². The molecule has 0 saturated carbocycles. The Bertz CT molecular complexity index is 797. The fourth-order valence-corrected chi connectivity index (χ4v) is 1.68. The standard InChI is InChI=1S/C8H6O.C6H4N2O5/c1-2-4-8-7(3-1)5-6-9-8;9-6-2-1-4(7(10)11)3-5(6)8(12)13/h1-6H;1-3,9H. The van der Waals surface area contributed by atoms with Gasteiger partial charge < -0.3 is 9.52 Å². The number of phenolic OH excluding ortho intramolecular Hbond substituents is 1. The molecule has 0 aliphatic carbocycles. The van der Waals surface area contributed by atoms with Crippen molar-refractivity contribution in [1.29, 1.82) is 0 Å². The van der Waals surface area contributed by atoms with E-state index in [2.05, 4.69) is 0 Å². The SMILES string of the molecule is O=[N+]([O-])c1ccc(O)c([N+](=O)[O-])c1.c1ccc2occc2c1. The number of para-hydroxylation sites is 1. The van der Waals surface area contributed by atoms with E-state index >= 15 is 0 Å². The van der Waals surface area contributed by atoms with E-state index in [1.807, 2.05) is 30.3 Å². The van der Waals surface area contributed by atoms with Crippen LogP contribution in [0.5, 0.6) is 5.75 Å². The van der Waals surface area contributed by atoms with Crippen LogP contribution in [0.2, 0.25) is 0 Å². The van der Waals surface area contributed by atoms with Gasteiger partial charge in [0, 0.05) is 11.5 Å². The fraction of sp³-hybridized carbons (Fsp3) is 0. The van der Waals surface area contributed by atoms with Crippen LogP contribution in [0.25, 0.3) is 11.0 Å². The molecule has 3 rings (SSSR count). The average molecular weight is 302 g/mol. The summed E-state index contributed by atoms with van der Waals surface area (Å²) in [7, 11) is 0. The summed E-state index contributed by atoms with van der Waals surface area (Å²) in [5.74, 6) is -0.587. The van der Waals surface area contributed by atoms with Crippen molar-refractivity contribution in [1.82, 2.24) is 0 Å². The molecule has 1 heterocycles. The van der Waals surface area contributed by atoms with Crippen molar-refractivity contribution in [3.05, 3.63) is 75.0 Å². The molecule has 1 N–H and O–H groups in total. The van der Waals surface area contributed by atoms with Crippen LogP contribution >= 0.6 is 0 Å². The zero-order chi connectivity index (χ0) is 16.1. The first-order valence-electron chi connectivity index (χ1n) is 6.03. The van der Waals surface area contributed by atoms with Crippen LogP contribution in [0, 0.1) is 20.2 Å². The number of aromatic hydroxyl groups is 1. The zero-order valence-corrected chi connectivity index (χ0v) is 11.1. The molecule has 8 heteroatoms. The van der Waals surface area contributed by atoms with Crippen LogP contribution in [-0.4, -0.2) is 15.0 Å². The average Bonchev–Trinajstić information content (AvgIpc) is 2.96. The van der Waals surface area contributed by atoms with Gasteiger partial charge >= 0.3 is 5.69 Å². The van der Waals surface area contributed by atoms with E-state index < -0.39 is 27.0 Å². The van der Waals surface area contributed by atoms with Crippen LogP contribution in [0.3, 0.4) is 0 Å². The molecule has 0 radical (unpaired) electrons. The molecular weight excluding hydrogens is 292 g/mol. The lowest BCUT2D eigenvalue weighted by molar-refractivity contribution is -0.394. The molecule has 0 aliphatic rings. The highest BCUT2D eigenvalue weighted by atomic mass is 16.6. The predicted molar refractivity (Wildman–Crippen MR) is 77.6 cm³/mol. The minimum Gasteiger partial charge on any atom is -0.502 e. The van der Waals surface area contributed by atoms with Crippen molar-refractivity contribution in [2.75, 3.05) is 0 Å². The van der Waals surface area contributed by atoms with Gasteiger partial charge in [0.1, 0.15) is 5.58 Å². The molecule has 0 amide bonds. The lowest BCUT2D eigenvalue weighted by Gasteiger charge is -1.94. The second kappa shape index (κ2) is 6.35. The summed E-state index contributed by atoms with van der Waals surface area (Å²) in [6, 6.07) is 12.5. The summed E-state index contributed by atoms with van der Waals surface area (Å²) in [4.78, 5) is 18.7. The lowest BCUT2D eigenvalue weighted by Crippen LogP contribution is -1.92. The number of nitro groups is 2. The van der Waals surface area contributed by atoms with Crippen LogP contribution in [0.4, 0.5) is 11.4 Å². The number of hydrogen-bond donors (Lipinski definition) is 1. The molecule has 22 heavy (non-hydrogen) atoms. The van der Waals surface area contributed by atoms with Gasteiger partial charge in [0.05, 0.1) is 22.2 Å². The Hall–Kier alpha value is -3.42. The largest absolute Gasteiger partial charge is 0.502 e. The van der Waals surface area contributed by atoms with E-state index in [0.717, 1.165) is 23.1 Å². The molecule has 8 nitrogen and oxygen atoms in total. The highest BCUT2D eigenvalue weighted by Crippen LogP contribution is 2.29. The molecule has 3 aromatic rings. The Labute approximate surface area is 123 Å². The van der Waals surface area contributed by atoms with Gasteiger partial charge in [-0.3, -0.25) is 20.2 Å². The smallest absolute Gasteiger partial charge is 0.317 e. The predicted octanol–water partition coefficient (Wildman–Crippen LogP) is 3.64. The van der Waals surface area contributed by atoms with Gasteiger partial charge in [-0.1, -0.05) is 18.2 Å². The van der Waals surface area contributed by atoms with Gasteiger partial charge in [-0.15, -0.1) is 0 Å². The van der Waals surface area contributed by atoms with Gasteiger partial charge in [-0.05, 0) is 18.2 Å². The summed E-state index contributed by atoms with van der Waals surface area (Å²) in [6.07, 6.45) is 1.70. The highest BCUT2D eigenvalue weighted by Gasteiger charge is 2.18. The van der Waals surface area contributed by atoms with E-state index in [1.54, 1.807) is 6.26 Å². The number of furan rings is 1. The number of benzene rings is 2. The molecule has 2 aromatic carbocycles. The summed E-state index contributed by atoms with van der Waals surface area (Å²) in [5, 5.41) is 30.5. The minimum absolute atomic E-state index is 0.426. The maximum absolute atomic E-state index is 10.2. The van der Waals surface area contributed by atoms with E-state index in [4.69, 9.17) is 9.52 Å². The van der Waals surface area contributed by atoms with Gasteiger partial charge in [-0.2, -0.15) is 0 Å². The number of non-ortho nitro benzene ring substituents is 1. The number of hydrogen-bond acceptors (Lipinski definition) is 6. The number of rotatable bonds is 2. The van der Waals surface area contributed by atoms with E-state index in [1.165, 1.54) is 0 Å². The molecule has 0 aliphatic heterocycles. The lowest BCUT2D eigenvalue weighted by atomic mass is 10.2. The van der Waals surface area contributed by atoms with Crippen molar-refractivity contribution >= 4 is 22.3 Å². The van der Waals surface area contributed by atoms with Crippen molar-refractivity contribution in [2.24, 2.45) is 0 Å². The Morgan fingerprint density at radius 1 is 0.955 bits per heavy atom. The Morgan fingerprint density at radius 2 is 1.68 bits per heavy atom. The number of phenols is 1. The minimum atomic E-state index is -0.887. The molecule has 0 fully saturated rings. The molecule has 1 aromatic heterocycles. The van der Waals surface area contributed by atoms with Crippen molar-refractivity contribution in [3.63, 3.8) is 0 Å². The third-order valence-electron chi connectivity index (χ3n) is 2.73. The number of nitrogens with zero attached hydrogens (tertiary/aromatic N) is 2. The van der Waals surface area contributed by atoms with Crippen molar-refractivity contribution in [3.8, 4) is 5.75 Å². The first-order valence-corrected chi connectivity index (χ1v) is 6.03. The first kappa shape index (κ1) is 15.0. The van der Waals surface area contributed by atoms with E-state index in [-0.39, 0.29) is 0 Å². The Kier molecular flexibility index (Phi) is 4.33. The van der Waals surface area contributed by atoms with Crippen LogP contribution in [-0.2, 0) is 0 Å². The monoisotopic (exact) mass is 302 g/mol. The molecule has 0 bridgehead atoms. The fourth-order valence-electron chi connectivity index (χ4n) is 1.68. The molecule has 0 saturated heterocycles. The quantitative estimate of drug-likeness (QED) is 0.570. The van der Waals surface area contributed by atoms with Gasteiger partial charge in [0.15, 0.2) is 5.75 Å². The summed E-state index contributed by atoms with van der Waals surface area (Å²) in [6.45, 7) is 0. The van der Waals surface area contributed by atoms with Crippen LogP contribution < -0.4 is 0 Å². The first-order chi connectivity index (χ1) is 10.5. The summed E-state index contributed by atoms with van der Waals surface area (Å²) in [5.41, 5.74) is -0.142.